The summed E-state index contributed by atoms with van der Waals surface area (Å²) in [7, 11) is 1.58. The molecule has 0 fully saturated rings. The van der Waals surface area contributed by atoms with E-state index in [4.69, 9.17) is 21.1 Å². The first-order valence-electron chi connectivity index (χ1n) is 5.46. The number of benzene rings is 1. The first-order valence-corrected chi connectivity index (χ1v) is 6.63. The van der Waals surface area contributed by atoms with Crippen LogP contribution in [0.1, 0.15) is 18.1 Å². The highest BCUT2D eigenvalue weighted by Gasteiger charge is 2.16. The summed E-state index contributed by atoms with van der Waals surface area (Å²) in [4.78, 5) is 0. The van der Waals surface area contributed by atoms with Crippen molar-refractivity contribution in [1.29, 1.82) is 0 Å². The van der Waals surface area contributed by atoms with Crippen molar-refractivity contribution >= 4 is 27.5 Å². The second kappa shape index (κ2) is 8.07. The number of hydrogen-bond acceptors (Lipinski definition) is 3. The van der Waals surface area contributed by atoms with E-state index in [1.807, 2.05) is 0 Å². The average molecular weight is 342 g/mol. The molecule has 0 bridgehead atoms. The third kappa shape index (κ3) is 4.48. The zero-order valence-electron chi connectivity index (χ0n) is 9.96. The number of hydrogen-bond donors (Lipinski definition) is 1. The molecular weight excluding hydrogens is 326 g/mol. The van der Waals surface area contributed by atoms with E-state index >= 15 is 0 Å². The molecule has 1 rings (SSSR count). The Labute approximate surface area is 119 Å². The van der Waals surface area contributed by atoms with Crippen molar-refractivity contribution in [1.82, 2.24) is 0 Å². The van der Waals surface area contributed by atoms with Crippen LogP contribution < -0.4 is 0 Å². The van der Waals surface area contributed by atoms with Crippen molar-refractivity contribution in [3.63, 3.8) is 0 Å². The highest BCUT2D eigenvalue weighted by atomic mass is 79.9. The lowest BCUT2D eigenvalue weighted by atomic mass is 10.1. The lowest BCUT2D eigenvalue weighted by molar-refractivity contribution is 0.0468. The highest BCUT2D eigenvalue weighted by Crippen LogP contribution is 2.31. The van der Waals surface area contributed by atoms with E-state index in [1.54, 1.807) is 13.2 Å². The van der Waals surface area contributed by atoms with Gasteiger partial charge in [0.2, 0.25) is 0 Å². The minimum Gasteiger partial charge on any atom is -0.388 e. The van der Waals surface area contributed by atoms with Crippen molar-refractivity contribution in [2.75, 3.05) is 26.9 Å². The summed E-state index contributed by atoms with van der Waals surface area (Å²) in [5, 5.41) is 9.83. The van der Waals surface area contributed by atoms with Crippen molar-refractivity contribution in [2.24, 2.45) is 0 Å². The van der Waals surface area contributed by atoms with Crippen LogP contribution in [-0.2, 0) is 9.47 Å². The average Bonchev–Trinajstić information content (AvgIpc) is 2.35. The molecule has 18 heavy (non-hydrogen) atoms. The molecule has 0 aliphatic heterocycles. The van der Waals surface area contributed by atoms with Crippen molar-refractivity contribution in [3.8, 4) is 0 Å². The van der Waals surface area contributed by atoms with Crippen LogP contribution in [0.4, 0.5) is 4.39 Å². The SMILES string of the molecule is COCCOCCC(O)c1ccc(Br)c(Cl)c1F. The van der Waals surface area contributed by atoms with Crippen LogP contribution >= 0.6 is 27.5 Å². The van der Waals surface area contributed by atoms with Gasteiger partial charge in [0.05, 0.1) is 24.3 Å². The maximum Gasteiger partial charge on any atom is 0.148 e. The summed E-state index contributed by atoms with van der Waals surface area (Å²) in [6.45, 7) is 1.28. The first-order chi connectivity index (χ1) is 8.57. The summed E-state index contributed by atoms with van der Waals surface area (Å²) in [5.41, 5.74) is 0.179. The molecule has 6 heteroatoms. The van der Waals surface area contributed by atoms with Gasteiger partial charge < -0.3 is 14.6 Å². The molecule has 1 aromatic rings. The summed E-state index contributed by atoms with van der Waals surface area (Å²) in [6, 6.07) is 3.11. The van der Waals surface area contributed by atoms with Gasteiger partial charge in [-0.25, -0.2) is 4.39 Å². The predicted molar refractivity (Wildman–Crippen MR) is 71.4 cm³/mol. The van der Waals surface area contributed by atoms with E-state index in [-0.39, 0.29) is 10.6 Å². The fourth-order valence-corrected chi connectivity index (χ4v) is 1.87. The van der Waals surface area contributed by atoms with Gasteiger partial charge >= 0.3 is 0 Å². The third-order valence-electron chi connectivity index (χ3n) is 2.39. The molecule has 0 amide bonds. The maximum absolute atomic E-state index is 13.8. The van der Waals surface area contributed by atoms with Crippen LogP contribution in [0.2, 0.25) is 5.02 Å². The van der Waals surface area contributed by atoms with Gasteiger partial charge in [-0.2, -0.15) is 0 Å². The van der Waals surface area contributed by atoms with E-state index in [2.05, 4.69) is 15.9 Å². The smallest absolute Gasteiger partial charge is 0.148 e. The van der Waals surface area contributed by atoms with Crippen LogP contribution in [0.5, 0.6) is 0 Å². The Kier molecular flexibility index (Phi) is 7.11. The second-order valence-corrected chi connectivity index (χ2v) is 4.91. The zero-order valence-corrected chi connectivity index (χ0v) is 12.3. The van der Waals surface area contributed by atoms with Crippen LogP contribution in [0.25, 0.3) is 0 Å². The van der Waals surface area contributed by atoms with E-state index in [9.17, 15) is 9.50 Å². The Morgan fingerprint density at radius 2 is 2.11 bits per heavy atom. The summed E-state index contributed by atoms with van der Waals surface area (Å²) < 4.78 is 24.2. The standard InChI is InChI=1S/C12H15BrClFO3/c1-17-6-7-18-5-4-10(16)8-2-3-9(13)11(14)12(8)15/h2-3,10,16H,4-7H2,1H3. The van der Waals surface area contributed by atoms with Gasteiger partial charge in [0, 0.05) is 30.2 Å². The zero-order chi connectivity index (χ0) is 13.5. The Hall–Kier alpha value is -0.200. The molecule has 0 spiro atoms. The molecule has 0 aliphatic rings. The van der Waals surface area contributed by atoms with Gasteiger partial charge in [-0.05, 0) is 22.0 Å². The van der Waals surface area contributed by atoms with Crippen LogP contribution in [0.3, 0.4) is 0 Å². The molecule has 1 N–H and O–H groups in total. The van der Waals surface area contributed by atoms with Crippen molar-refractivity contribution in [3.05, 3.63) is 33.0 Å². The van der Waals surface area contributed by atoms with Gasteiger partial charge in [-0.1, -0.05) is 17.7 Å². The van der Waals surface area contributed by atoms with E-state index in [0.717, 1.165) is 0 Å². The van der Waals surface area contributed by atoms with Gasteiger partial charge in [0.25, 0.3) is 0 Å². The van der Waals surface area contributed by atoms with E-state index in [1.165, 1.54) is 6.07 Å². The Morgan fingerprint density at radius 3 is 2.78 bits per heavy atom. The Balaban J connectivity index is 2.51. The lowest BCUT2D eigenvalue weighted by Gasteiger charge is -2.13. The number of rotatable bonds is 7. The molecule has 1 unspecified atom stereocenters. The summed E-state index contributed by atoms with van der Waals surface area (Å²) >= 11 is 8.87. The number of methoxy groups -OCH3 is 1. The molecule has 1 aromatic carbocycles. The lowest BCUT2D eigenvalue weighted by Crippen LogP contribution is -2.08. The third-order valence-corrected chi connectivity index (χ3v) is 3.65. The molecular formula is C12H15BrClFO3. The van der Waals surface area contributed by atoms with Crippen LogP contribution in [0, 0.1) is 5.82 Å². The van der Waals surface area contributed by atoms with Crippen LogP contribution in [-0.4, -0.2) is 32.0 Å². The molecule has 0 radical (unpaired) electrons. The van der Waals surface area contributed by atoms with Gasteiger partial charge in [0.1, 0.15) is 5.82 Å². The van der Waals surface area contributed by atoms with Gasteiger partial charge in [-0.15, -0.1) is 0 Å². The molecule has 3 nitrogen and oxygen atoms in total. The number of aliphatic hydroxyl groups excluding tert-OH is 1. The quantitative estimate of drug-likeness (QED) is 0.611. The normalized spacial score (nSPS) is 12.7. The Bertz CT molecular complexity index is 390. The van der Waals surface area contributed by atoms with Crippen LogP contribution in [0.15, 0.2) is 16.6 Å². The Morgan fingerprint density at radius 1 is 1.39 bits per heavy atom. The molecule has 0 heterocycles. The first kappa shape index (κ1) is 15.9. The molecule has 0 saturated heterocycles. The predicted octanol–water partition coefficient (Wildman–Crippen LogP) is 3.33. The summed E-state index contributed by atoms with van der Waals surface area (Å²) in [5.74, 6) is -0.601. The monoisotopic (exact) mass is 340 g/mol. The fourth-order valence-electron chi connectivity index (χ4n) is 1.39. The van der Waals surface area contributed by atoms with E-state index in [0.29, 0.717) is 30.7 Å². The number of halogens is 3. The minimum atomic E-state index is -0.932. The number of aliphatic hydroxyl groups is 1. The summed E-state index contributed by atoms with van der Waals surface area (Å²) in [6.07, 6.45) is -0.628. The molecule has 0 aliphatic carbocycles. The number of ether oxygens (including phenoxy) is 2. The molecule has 0 saturated carbocycles. The van der Waals surface area contributed by atoms with Gasteiger partial charge in [-0.3, -0.25) is 0 Å². The molecule has 1 atom stereocenters. The largest absolute Gasteiger partial charge is 0.388 e. The second-order valence-electron chi connectivity index (χ2n) is 3.67. The molecule has 0 aromatic heterocycles. The fraction of sp³-hybridized carbons (Fsp3) is 0.500. The van der Waals surface area contributed by atoms with Crippen molar-refractivity contribution in [2.45, 2.75) is 12.5 Å². The van der Waals surface area contributed by atoms with Crippen molar-refractivity contribution < 1.29 is 19.0 Å². The minimum absolute atomic E-state index is 0.0214. The van der Waals surface area contributed by atoms with E-state index < -0.39 is 11.9 Å². The van der Waals surface area contributed by atoms with Gasteiger partial charge in [0.15, 0.2) is 0 Å². The topological polar surface area (TPSA) is 38.7 Å². The highest BCUT2D eigenvalue weighted by molar-refractivity contribution is 9.10. The maximum atomic E-state index is 13.8. The molecule has 102 valence electrons.